The monoisotopic (exact) mass is 335 g/mol. The smallest absolute Gasteiger partial charge is 0.315 e. The SMILES string of the molecule is Cc1nc(CNC(=O)NCc2cc(Cl)cc3c2OCC3)oc1C. The van der Waals surface area contributed by atoms with E-state index in [0.29, 0.717) is 24.1 Å². The molecule has 1 aliphatic rings. The fraction of sp³-hybridized carbons (Fsp3) is 0.375. The van der Waals surface area contributed by atoms with Crippen molar-refractivity contribution in [2.24, 2.45) is 0 Å². The molecule has 0 bridgehead atoms. The molecule has 0 atom stereocenters. The van der Waals surface area contributed by atoms with Crippen LogP contribution >= 0.6 is 11.6 Å². The average molecular weight is 336 g/mol. The minimum absolute atomic E-state index is 0.241. The van der Waals surface area contributed by atoms with Gasteiger partial charge in [-0.1, -0.05) is 11.6 Å². The Hall–Kier alpha value is -2.21. The van der Waals surface area contributed by atoms with Gasteiger partial charge in [0.1, 0.15) is 11.5 Å². The lowest BCUT2D eigenvalue weighted by Gasteiger charge is -2.10. The summed E-state index contributed by atoms with van der Waals surface area (Å²) in [5.41, 5.74) is 2.79. The number of aryl methyl sites for hydroxylation is 2. The lowest BCUT2D eigenvalue weighted by atomic mass is 10.1. The second-order valence-electron chi connectivity index (χ2n) is 5.44. The highest BCUT2D eigenvalue weighted by Gasteiger charge is 2.18. The van der Waals surface area contributed by atoms with E-state index >= 15 is 0 Å². The van der Waals surface area contributed by atoms with E-state index in [1.807, 2.05) is 26.0 Å². The number of carbonyl (C=O) groups is 1. The van der Waals surface area contributed by atoms with Crippen LogP contribution in [-0.2, 0) is 19.5 Å². The van der Waals surface area contributed by atoms with Crippen molar-refractivity contribution in [1.29, 1.82) is 0 Å². The van der Waals surface area contributed by atoms with Gasteiger partial charge >= 0.3 is 6.03 Å². The summed E-state index contributed by atoms with van der Waals surface area (Å²) in [5.74, 6) is 2.07. The van der Waals surface area contributed by atoms with Crippen LogP contribution in [-0.4, -0.2) is 17.6 Å². The van der Waals surface area contributed by atoms with Gasteiger partial charge in [-0.05, 0) is 31.5 Å². The third-order valence-corrected chi connectivity index (χ3v) is 3.96. The highest BCUT2D eigenvalue weighted by molar-refractivity contribution is 6.30. The normalized spacial score (nSPS) is 12.7. The zero-order valence-corrected chi connectivity index (χ0v) is 13.8. The van der Waals surface area contributed by atoms with Crippen molar-refractivity contribution < 1.29 is 13.9 Å². The standard InChI is InChI=1S/C16H18ClN3O3/c1-9-10(2)23-14(20-9)8-19-16(21)18-7-12-6-13(17)5-11-3-4-22-15(11)12/h5-6H,3-4,7-8H2,1-2H3,(H2,18,19,21). The molecule has 7 heteroatoms. The van der Waals surface area contributed by atoms with Gasteiger partial charge in [0.25, 0.3) is 0 Å². The number of fused-ring (bicyclic) bond motifs is 1. The second-order valence-corrected chi connectivity index (χ2v) is 5.87. The van der Waals surface area contributed by atoms with Gasteiger partial charge in [0, 0.05) is 23.6 Å². The van der Waals surface area contributed by atoms with Gasteiger partial charge < -0.3 is 19.8 Å². The first-order chi connectivity index (χ1) is 11.0. The molecule has 2 N–H and O–H groups in total. The minimum atomic E-state index is -0.301. The predicted molar refractivity (Wildman–Crippen MR) is 85.7 cm³/mol. The summed E-state index contributed by atoms with van der Waals surface area (Å²) in [6, 6.07) is 3.42. The highest BCUT2D eigenvalue weighted by atomic mass is 35.5. The zero-order valence-electron chi connectivity index (χ0n) is 13.0. The van der Waals surface area contributed by atoms with E-state index in [2.05, 4.69) is 15.6 Å². The molecule has 122 valence electrons. The van der Waals surface area contributed by atoms with E-state index in [0.717, 1.165) is 34.8 Å². The molecule has 1 aromatic heterocycles. The van der Waals surface area contributed by atoms with Crippen molar-refractivity contribution in [1.82, 2.24) is 15.6 Å². The Bertz CT molecular complexity index is 723. The number of hydrogen-bond acceptors (Lipinski definition) is 4. The fourth-order valence-corrected chi connectivity index (χ4v) is 2.75. The number of aromatic nitrogens is 1. The van der Waals surface area contributed by atoms with Gasteiger partial charge in [-0.15, -0.1) is 0 Å². The van der Waals surface area contributed by atoms with Crippen molar-refractivity contribution >= 4 is 17.6 Å². The van der Waals surface area contributed by atoms with Crippen molar-refractivity contribution in [3.63, 3.8) is 0 Å². The Morgan fingerprint density at radius 3 is 2.83 bits per heavy atom. The van der Waals surface area contributed by atoms with Crippen LogP contribution in [0.4, 0.5) is 4.79 Å². The summed E-state index contributed by atoms with van der Waals surface area (Å²) in [5, 5.41) is 6.15. The summed E-state index contributed by atoms with van der Waals surface area (Å²) < 4.78 is 11.0. The topological polar surface area (TPSA) is 76.4 Å². The number of ether oxygens (including phenoxy) is 1. The van der Waals surface area contributed by atoms with Crippen molar-refractivity contribution in [3.05, 3.63) is 45.6 Å². The number of amides is 2. The average Bonchev–Trinajstić information content (AvgIpc) is 3.09. The number of carbonyl (C=O) groups excluding carboxylic acids is 1. The highest BCUT2D eigenvalue weighted by Crippen LogP contribution is 2.32. The maximum Gasteiger partial charge on any atom is 0.315 e. The van der Waals surface area contributed by atoms with E-state index in [1.165, 1.54) is 0 Å². The first kappa shape index (κ1) is 15.7. The third-order valence-electron chi connectivity index (χ3n) is 3.74. The Kier molecular flexibility index (Phi) is 4.43. The van der Waals surface area contributed by atoms with E-state index in [-0.39, 0.29) is 12.6 Å². The van der Waals surface area contributed by atoms with Crippen LogP contribution in [0.5, 0.6) is 5.75 Å². The van der Waals surface area contributed by atoms with Crippen LogP contribution in [0, 0.1) is 13.8 Å². The summed E-state index contributed by atoms with van der Waals surface area (Å²) >= 11 is 6.10. The summed E-state index contributed by atoms with van der Waals surface area (Å²) in [6.45, 7) is 4.94. The number of halogens is 1. The number of nitrogens with one attached hydrogen (secondary N) is 2. The lowest BCUT2D eigenvalue weighted by Crippen LogP contribution is -2.34. The molecule has 0 unspecified atom stereocenters. The lowest BCUT2D eigenvalue weighted by molar-refractivity contribution is 0.238. The molecule has 23 heavy (non-hydrogen) atoms. The molecule has 2 amide bonds. The molecule has 0 saturated heterocycles. The van der Waals surface area contributed by atoms with Crippen LogP contribution in [0.3, 0.4) is 0 Å². The molecule has 2 heterocycles. The predicted octanol–water partition coefficient (Wildman–Crippen LogP) is 2.88. The summed E-state index contributed by atoms with van der Waals surface area (Å²) in [6.07, 6.45) is 0.845. The quantitative estimate of drug-likeness (QED) is 0.900. The van der Waals surface area contributed by atoms with Crippen LogP contribution in [0.1, 0.15) is 28.5 Å². The van der Waals surface area contributed by atoms with Gasteiger partial charge in [0.2, 0.25) is 5.89 Å². The van der Waals surface area contributed by atoms with Gasteiger partial charge in [-0.2, -0.15) is 0 Å². The van der Waals surface area contributed by atoms with Gasteiger partial charge in [0.15, 0.2) is 0 Å². The number of rotatable bonds is 4. The van der Waals surface area contributed by atoms with E-state index < -0.39 is 0 Å². The van der Waals surface area contributed by atoms with Gasteiger partial charge in [0.05, 0.1) is 18.8 Å². The first-order valence-corrected chi connectivity index (χ1v) is 7.79. The maximum atomic E-state index is 11.9. The number of benzene rings is 1. The Balaban J connectivity index is 1.55. The number of urea groups is 1. The van der Waals surface area contributed by atoms with Crippen LogP contribution in [0.2, 0.25) is 5.02 Å². The van der Waals surface area contributed by atoms with Crippen molar-refractivity contribution in [3.8, 4) is 5.75 Å². The van der Waals surface area contributed by atoms with Crippen LogP contribution in [0.25, 0.3) is 0 Å². The number of nitrogens with zero attached hydrogens (tertiary/aromatic N) is 1. The van der Waals surface area contributed by atoms with E-state index in [4.69, 9.17) is 20.8 Å². The summed E-state index contributed by atoms with van der Waals surface area (Å²) in [4.78, 5) is 16.1. The zero-order chi connectivity index (χ0) is 16.4. The summed E-state index contributed by atoms with van der Waals surface area (Å²) in [7, 11) is 0. The molecule has 2 aromatic rings. The van der Waals surface area contributed by atoms with Crippen LogP contribution in [0.15, 0.2) is 16.5 Å². The van der Waals surface area contributed by atoms with E-state index in [1.54, 1.807) is 0 Å². The molecule has 0 radical (unpaired) electrons. The Morgan fingerprint density at radius 2 is 2.09 bits per heavy atom. The Labute approximate surface area is 139 Å². The van der Waals surface area contributed by atoms with Gasteiger partial charge in [-0.3, -0.25) is 0 Å². The largest absolute Gasteiger partial charge is 0.493 e. The molecule has 0 aliphatic carbocycles. The molecule has 0 spiro atoms. The molecule has 1 aliphatic heterocycles. The number of oxazole rings is 1. The van der Waals surface area contributed by atoms with E-state index in [9.17, 15) is 4.79 Å². The first-order valence-electron chi connectivity index (χ1n) is 7.41. The molecular weight excluding hydrogens is 318 g/mol. The Morgan fingerprint density at radius 1 is 1.30 bits per heavy atom. The molecule has 0 fully saturated rings. The molecule has 0 saturated carbocycles. The fourth-order valence-electron chi connectivity index (χ4n) is 2.49. The molecule has 3 rings (SSSR count). The molecular formula is C16H18ClN3O3. The minimum Gasteiger partial charge on any atom is -0.493 e. The van der Waals surface area contributed by atoms with Crippen molar-refractivity contribution in [2.45, 2.75) is 33.4 Å². The molecule has 6 nitrogen and oxygen atoms in total. The second kappa shape index (κ2) is 6.50. The molecule has 1 aromatic carbocycles. The van der Waals surface area contributed by atoms with Crippen LogP contribution < -0.4 is 15.4 Å². The third kappa shape index (κ3) is 3.59. The number of hydrogen-bond donors (Lipinski definition) is 2. The maximum absolute atomic E-state index is 11.9. The van der Waals surface area contributed by atoms with Crippen molar-refractivity contribution in [2.75, 3.05) is 6.61 Å². The van der Waals surface area contributed by atoms with Gasteiger partial charge in [-0.25, -0.2) is 9.78 Å².